The number of thioether (sulfide) groups is 1. The van der Waals surface area contributed by atoms with E-state index >= 15 is 0 Å². The fraction of sp³-hybridized carbons (Fsp3) is 0.944. The summed E-state index contributed by atoms with van der Waals surface area (Å²) in [7, 11) is 0. The van der Waals surface area contributed by atoms with Gasteiger partial charge in [-0.05, 0) is 26.7 Å². The number of ether oxygens (including phenoxy) is 1. The number of guanidine groups is 1. The molecule has 0 radical (unpaired) electrons. The number of halogens is 1. The molecule has 0 unspecified atom stereocenters. The van der Waals surface area contributed by atoms with Crippen LogP contribution in [0.2, 0.25) is 0 Å². The van der Waals surface area contributed by atoms with Gasteiger partial charge in [-0.3, -0.25) is 9.89 Å². The van der Waals surface area contributed by atoms with Crippen LogP contribution in [0.3, 0.4) is 0 Å². The van der Waals surface area contributed by atoms with Crippen molar-refractivity contribution in [1.82, 2.24) is 15.5 Å². The topological polar surface area (TPSA) is 48.9 Å². The lowest BCUT2D eigenvalue weighted by atomic mass is 9.80. The van der Waals surface area contributed by atoms with E-state index in [4.69, 9.17) is 9.73 Å². The third-order valence-electron chi connectivity index (χ3n) is 5.08. The van der Waals surface area contributed by atoms with E-state index in [2.05, 4.69) is 34.2 Å². The van der Waals surface area contributed by atoms with E-state index in [1.807, 2.05) is 6.92 Å². The lowest BCUT2D eigenvalue weighted by Gasteiger charge is -2.47. The monoisotopic (exact) mass is 484 g/mol. The van der Waals surface area contributed by atoms with Gasteiger partial charge >= 0.3 is 0 Å². The van der Waals surface area contributed by atoms with Gasteiger partial charge in [-0.15, -0.1) is 24.0 Å². The summed E-state index contributed by atoms with van der Waals surface area (Å²) in [6.07, 6.45) is 6.71. The zero-order chi connectivity index (χ0) is 17.1. The fourth-order valence-corrected chi connectivity index (χ4v) is 4.68. The van der Waals surface area contributed by atoms with Crippen LogP contribution >= 0.6 is 35.7 Å². The van der Waals surface area contributed by atoms with Gasteiger partial charge in [-0.25, -0.2) is 0 Å². The first-order valence-electron chi connectivity index (χ1n) is 9.73. The van der Waals surface area contributed by atoms with E-state index in [-0.39, 0.29) is 24.0 Å². The Morgan fingerprint density at radius 1 is 1.12 bits per heavy atom. The first-order chi connectivity index (χ1) is 11.8. The Bertz CT molecular complexity index is 372. The molecule has 0 bridgehead atoms. The van der Waals surface area contributed by atoms with E-state index in [1.165, 1.54) is 56.7 Å². The Hall–Kier alpha value is 0.270. The zero-order valence-electron chi connectivity index (χ0n) is 16.0. The Kier molecular flexibility index (Phi) is 12.5. The SMILES string of the molecule is CCNC(=NCC1(N2CCSCC2)CCCCC1)NCCOCC.I. The molecule has 2 rings (SSSR count). The van der Waals surface area contributed by atoms with Gasteiger partial charge in [0.1, 0.15) is 0 Å². The standard InChI is InChI=1S/C18H36N4OS.HI/c1-3-19-17(20-10-13-23-4-2)21-16-18(8-6-5-7-9-18)22-11-14-24-15-12-22;/h3-16H2,1-2H3,(H2,19,20,21);1H. The van der Waals surface area contributed by atoms with E-state index in [9.17, 15) is 0 Å². The molecule has 148 valence electrons. The van der Waals surface area contributed by atoms with Crippen LogP contribution in [-0.2, 0) is 4.74 Å². The van der Waals surface area contributed by atoms with Crippen LogP contribution in [0.5, 0.6) is 0 Å². The molecular formula is C18H37IN4OS. The molecule has 5 nitrogen and oxygen atoms in total. The predicted molar refractivity (Wildman–Crippen MR) is 121 cm³/mol. The van der Waals surface area contributed by atoms with E-state index in [1.54, 1.807) is 0 Å². The molecule has 1 aliphatic carbocycles. The minimum atomic E-state index is 0. The highest BCUT2D eigenvalue weighted by atomic mass is 127. The van der Waals surface area contributed by atoms with Crippen molar-refractivity contribution >= 4 is 41.7 Å². The molecule has 25 heavy (non-hydrogen) atoms. The third kappa shape index (κ3) is 7.81. The number of nitrogens with one attached hydrogen (secondary N) is 2. The first-order valence-corrected chi connectivity index (χ1v) is 10.9. The fourth-order valence-electron chi connectivity index (χ4n) is 3.78. The van der Waals surface area contributed by atoms with Crippen molar-refractivity contribution in [3.8, 4) is 0 Å². The summed E-state index contributed by atoms with van der Waals surface area (Å²) in [6.45, 7) is 10.7. The highest BCUT2D eigenvalue weighted by Crippen LogP contribution is 2.35. The molecule has 1 saturated heterocycles. The second kappa shape index (κ2) is 13.4. The van der Waals surface area contributed by atoms with Gasteiger partial charge in [-0.1, -0.05) is 19.3 Å². The predicted octanol–water partition coefficient (Wildman–Crippen LogP) is 2.95. The number of nitrogens with zero attached hydrogens (tertiary/aromatic N) is 2. The van der Waals surface area contributed by atoms with Gasteiger partial charge in [0.25, 0.3) is 0 Å². The average Bonchev–Trinajstić information content (AvgIpc) is 2.64. The second-order valence-corrected chi connectivity index (χ2v) is 7.93. The molecule has 1 saturated carbocycles. The summed E-state index contributed by atoms with van der Waals surface area (Å²) >= 11 is 2.09. The van der Waals surface area contributed by atoms with Crippen LogP contribution in [0, 0.1) is 0 Å². The summed E-state index contributed by atoms with van der Waals surface area (Å²) in [6, 6.07) is 0. The number of aliphatic imine (C=N–C) groups is 1. The first kappa shape index (κ1) is 23.3. The van der Waals surface area contributed by atoms with Crippen LogP contribution in [0.25, 0.3) is 0 Å². The Morgan fingerprint density at radius 2 is 1.84 bits per heavy atom. The average molecular weight is 484 g/mol. The maximum atomic E-state index is 5.42. The highest BCUT2D eigenvalue weighted by Gasteiger charge is 2.38. The van der Waals surface area contributed by atoms with Gasteiger partial charge in [-0.2, -0.15) is 11.8 Å². The number of hydrogen-bond donors (Lipinski definition) is 2. The minimum Gasteiger partial charge on any atom is -0.380 e. The third-order valence-corrected chi connectivity index (χ3v) is 6.03. The summed E-state index contributed by atoms with van der Waals surface area (Å²) in [4.78, 5) is 7.72. The molecule has 0 aromatic heterocycles. The van der Waals surface area contributed by atoms with Crippen molar-refractivity contribution in [2.75, 3.05) is 57.4 Å². The highest BCUT2D eigenvalue weighted by molar-refractivity contribution is 14.0. The molecule has 7 heteroatoms. The summed E-state index contributed by atoms with van der Waals surface area (Å²) < 4.78 is 5.42. The van der Waals surface area contributed by atoms with Gasteiger partial charge in [0.15, 0.2) is 5.96 Å². The molecule has 0 amide bonds. The van der Waals surface area contributed by atoms with Crippen molar-refractivity contribution in [2.45, 2.75) is 51.5 Å². The lowest BCUT2D eigenvalue weighted by Crippen LogP contribution is -2.55. The zero-order valence-corrected chi connectivity index (χ0v) is 19.2. The van der Waals surface area contributed by atoms with E-state index in [0.717, 1.165) is 38.8 Å². The van der Waals surface area contributed by atoms with Crippen LogP contribution in [0.4, 0.5) is 0 Å². The summed E-state index contributed by atoms with van der Waals surface area (Å²) in [5.74, 6) is 3.49. The molecule has 0 aromatic carbocycles. The number of rotatable bonds is 8. The summed E-state index contributed by atoms with van der Waals surface area (Å²) in [5, 5.41) is 6.79. The lowest BCUT2D eigenvalue weighted by molar-refractivity contribution is 0.0671. The maximum Gasteiger partial charge on any atom is 0.191 e. The molecule has 2 fully saturated rings. The van der Waals surface area contributed by atoms with E-state index < -0.39 is 0 Å². The molecule has 1 heterocycles. The Labute approximate surface area is 175 Å². The van der Waals surface area contributed by atoms with E-state index in [0.29, 0.717) is 5.54 Å². The number of hydrogen-bond acceptors (Lipinski definition) is 4. The van der Waals surface area contributed by atoms with Crippen molar-refractivity contribution in [1.29, 1.82) is 0 Å². The normalized spacial score (nSPS) is 21.4. The second-order valence-electron chi connectivity index (χ2n) is 6.70. The Morgan fingerprint density at radius 3 is 2.48 bits per heavy atom. The largest absolute Gasteiger partial charge is 0.380 e. The molecule has 0 spiro atoms. The maximum absolute atomic E-state index is 5.42. The quantitative estimate of drug-likeness (QED) is 0.240. The van der Waals surface area contributed by atoms with Crippen molar-refractivity contribution in [2.24, 2.45) is 4.99 Å². The van der Waals surface area contributed by atoms with Crippen molar-refractivity contribution in [3.05, 3.63) is 0 Å². The molecule has 2 N–H and O–H groups in total. The van der Waals surface area contributed by atoms with Gasteiger partial charge in [0.05, 0.1) is 13.2 Å². The van der Waals surface area contributed by atoms with Crippen LogP contribution < -0.4 is 10.6 Å². The van der Waals surface area contributed by atoms with Crippen LogP contribution in [-0.4, -0.2) is 73.8 Å². The summed E-state index contributed by atoms with van der Waals surface area (Å²) in [5.41, 5.74) is 0.293. The molecular weight excluding hydrogens is 447 g/mol. The van der Waals surface area contributed by atoms with Crippen LogP contribution in [0.1, 0.15) is 46.0 Å². The van der Waals surface area contributed by atoms with Gasteiger partial charge in [0.2, 0.25) is 0 Å². The molecule has 1 aliphatic heterocycles. The minimum absolute atomic E-state index is 0. The van der Waals surface area contributed by atoms with Crippen molar-refractivity contribution < 1.29 is 4.74 Å². The van der Waals surface area contributed by atoms with Gasteiger partial charge < -0.3 is 15.4 Å². The molecule has 2 aliphatic rings. The van der Waals surface area contributed by atoms with Crippen molar-refractivity contribution in [3.63, 3.8) is 0 Å². The van der Waals surface area contributed by atoms with Gasteiger partial charge in [0, 0.05) is 49.8 Å². The molecule has 0 aromatic rings. The Balaban J connectivity index is 0.00000312. The smallest absolute Gasteiger partial charge is 0.191 e. The van der Waals surface area contributed by atoms with Crippen LogP contribution in [0.15, 0.2) is 4.99 Å². The molecule has 0 atom stereocenters.